The van der Waals surface area contributed by atoms with E-state index >= 15 is 0 Å². The summed E-state index contributed by atoms with van der Waals surface area (Å²) in [4.78, 5) is 12.3. The molecule has 9 nitrogen and oxygen atoms in total. The van der Waals surface area contributed by atoms with Crippen LogP contribution in [0.5, 0.6) is 46.0 Å². The largest absolute Gasteiger partial charge is 0.458 e. The lowest BCUT2D eigenvalue weighted by Crippen LogP contribution is -2.65. The molecular formula is C102H82B3N5O4. The van der Waals surface area contributed by atoms with Gasteiger partial charge in [0.1, 0.15) is 46.0 Å². The van der Waals surface area contributed by atoms with Gasteiger partial charge in [-0.25, -0.2) is 0 Å². The lowest BCUT2D eigenvalue weighted by atomic mass is 9.29. The molecule has 0 fully saturated rings. The van der Waals surface area contributed by atoms with Gasteiger partial charge in [-0.05, 0) is 241 Å². The molecule has 6 aliphatic heterocycles. The average molecular weight is 1470 g/mol. The molecule has 548 valence electrons. The Labute approximate surface area is 668 Å². The molecule has 15 aromatic rings. The van der Waals surface area contributed by atoms with Crippen molar-refractivity contribution in [3.05, 3.63) is 346 Å². The molecule has 0 bridgehead atoms. The molecule has 0 aromatic heterocycles. The minimum absolute atomic E-state index is 0.284. The van der Waals surface area contributed by atoms with Gasteiger partial charge in [0.25, 0.3) is 20.1 Å². The van der Waals surface area contributed by atoms with Gasteiger partial charge in [0, 0.05) is 104 Å². The minimum Gasteiger partial charge on any atom is -0.458 e. The molecule has 0 amide bonds. The first-order valence-electron chi connectivity index (χ1n) is 39.8. The summed E-state index contributed by atoms with van der Waals surface area (Å²) in [5.41, 5.74) is 39.4. The number of para-hydroxylation sites is 2. The molecule has 0 saturated heterocycles. The third-order valence-electron chi connectivity index (χ3n) is 24.3. The summed E-state index contributed by atoms with van der Waals surface area (Å²) in [6.45, 7) is 25.6. The van der Waals surface area contributed by atoms with Crippen LogP contribution < -0.4 is 92.6 Å². The van der Waals surface area contributed by atoms with E-state index in [9.17, 15) is 0 Å². The van der Waals surface area contributed by atoms with E-state index in [2.05, 4.69) is 387 Å². The molecule has 114 heavy (non-hydrogen) atoms. The molecule has 6 heterocycles. The van der Waals surface area contributed by atoms with Crippen LogP contribution in [0.15, 0.2) is 279 Å². The molecule has 15 aromatic carbocycles. The molecule has 0 radical (unpaired) electrons. The number of hydrogen-bond acceptors (Lipinski definition) is 9. The van der Waals surface area contributed by atoms with E-state index in [4.69, 9.17) is 18.9 Å². The van der Waals surface area contributed by atoms with Crippen molar-refractivity contribution in [3.63, 3.8) is 0 Å². The maximum Gasteiger partial charge on any atom is 0.260 e. The zero-order valence-electron chi connectivity index (χ0n) is 66.2. The second-order valence-electron chi connectivity index (χ2n) is 32.5. The highest BCUT2D eigenvalue weighted by Crippen LogP contribution is 2.54. The van der Waals surface area contributed by atoms with Crippen LogP contribution in [0.2, 0.25) is 0 Å². The summed E-state index contributed by atoms with van der Waals surface area (Å²) in [7, 11) is 0. The number of hydrogen-bond donors (Lipinski definition) is 0. The standard InChI is InChI=1S/C102H82B3N5O4/c1-59-21-33-71(34-22-59)106(72-35-23-60(2)24-36-72)77-49-88-98-89(50-77)110(102-69(11)47-66(8)48-70(102)12)87-58-93-85(104-81-18-14-16-20-91(81)112-95-52-79(54-97(114-93)100(95)104)108(75-41-29-63(5)30-42-75)76-43-31-64(6)32-44-76)56-83(87)105(98)82-55-84-92(57-86(82)109(88)101-67(9)45-65(7)46-68(101)10)113-96-53-78(51-94-99(96)103(84)80-17-13-15-19-90(80)111-94)107(73-37-25-61(3)26-38-73)74-39-27-62(4)28-40-74/h13-58H,1-12H3. The van der Waals surface area contributed by atoms with Crippen LogP contribution in [-0.4, -0.2) is 20.1 Å². The fourth-order valence-electron chi connectivity index (χ4n) is 19.3. The van der Waals surface area contributed by atoms with E-state index in [0.29, 0.717) is 0 Å². The second kappa shape index (κ2) is 26.2. The van der Waals surface area contributed by atoms with Gasteiger partial charge in [-0.15, -0.1) is 0 Å². The van der Waals surface area contributed by atoms with E-state index in [-0.39, 0.29) is 20.1 Å². The maximum atomic E-state index is 7.83. The van der Waals surface area contributed by atoms with Crippen LogP contribution in [0.25, 0.3) is 0 Å². The molecule has 0 unspecified atom stereocenters. The quantitative estimate of drug-likeness (QED) is 0.118. The monoisotopic (exact) mass is 1470 g/mol. The van der Waals surface area contributed by atoms with Crippen molar-refractivity contribution >= 4 is 155 Å². The minimum atomic E-state index is -0.381. The third-order valence-corrected chi connectivity index (χ3v) is 24.3. The number of ether oxygens (including phenoxy) is 4. The van der Waals surface area contributed by atoms with E-state index in [0.717, 1.165) is 197 Å². The van der Waals surface area contributed by atoms with Crippen LogP contribution in [0.3, 0.4) is 0 Å². The first-order valence-corrected chi connectivity index (χ1v) is 39.8. The predicted octanol–water partition coefficient (Wildman–Crippen LogP) is 21.3. The molecule has 0 aliphatic carbocycles. The molecule has 0 atom stereocenters. The summed E-state index contributed by atoms with van der Waals surface area (Å²) < 4.78 is 30.2. The van der Waals surface area contributed by atoms with Gasteiger partial charge in [-0.1, -0.05) is 190 Å². The number of rotatable bonds is 11. The molecular weight excluding hydrogens is 1390 g/mol. The Morgan fingerprint density at radius 1 is 0.202 bits per heavy atom. The number of benzene rings is 15. The van der Waals surface area contributed by atoms with E-state index < -0.39 is 0 Å². The van der Waals surface area contributed by atoms with Crippen molar-refractivity contribution in [1.29, 1.82) is 0 Å². The number of nitrogens with zero attached hydrogens (tertiary/aromatic N) is 5. The van der Waals surface area contributed by atoms with Crippen LogP contribution >= 0.6 is 0 Å². The van der Waals surface area contributed by atoms with Crippen molar-refractivity contribution in [3.8, 4) is 46.0 Å². The van der Waals surface area contributed by atoms with Gasteiger partial charge in [0.15, 0.2) is 0 Å². The Kier molecular flexibility index (Phi) is 15.8. The SMILES string of the molecule is Cc1ccc(N(c2ccc(C)cc2)c2cc3c4c(c2)Oc2cc5c(cc2B4c2ccccc2O3)B2c3cc4c(cc3N(c3c(C)cc(C)cc3C)c3cc(N(c6ccc(C)cc6)c6ccc(C)cc6)cc(c32)N5c2c(C)cc(C)cc2C)Oc2cc(N(c3ccc(C)cc3)c3ccc(C)cc3)cc3c2B4c2ccccc2O3)cc1. The average Bonchev–Trinajstić information content (AvgIpc) is 0.682. The predicted molar refractivity (Wildman–Crippen MR) is 477 cm³/mol. The van der Waals surface area contributed by atoms with Gasteiger partial charge in [-0.2, -0.15) is 0 Å². The fraction of sp³-hybridized carbons (Fsp3) is 0.118. The Hall–Kier alpha value is -13.3. The second-order valence-corrected chi connectivity index (χ2v) is 32.5. The summed E-state index contributed by atoms with van der Waals surface area (Å²) in [6, 6.07) is 104. The highest BCUT2D eigenvalue weighted by molar-refractivity contribution is 7.03. The van der Waals surface area contributed by atoms with Gasteiger partial charge in [0.2, 0.25) is 0 Å². The van der Waals surface area contributed by atoms with Crippen LogP contribution in [0.4, 0.5) is 85.3 Å². The number of aryl methyl sites for hydroxylation is 12. The van der Waals surface area contributed by atoms with Crippen LogP contribution in [0.1, 0.15) is 66.8 Å². The van der Waals surface area contributed by atoms with Crippen molar-refractivity contribution in [2.45, 2.75) is 83.1 Å². The highest BCUT2D eigenvalue weighted by Gasteiger charge is 2.51. The summed E-state index contributed by atoms with van der Waals surface area (Å²) >= 11 is 0. The Morgan fingerprint density at radius 3 is 0.763 bits per heavy atom. The molecule has 0 spiro atoms. The lowest BCUT2D eigenvalue weighted by molar-refractivity contribution is 0.464. The van der Waals surface area contributed by atoms with E-state index in [1.165, 1.54) is 50.0 Å². The molecule has 0 N–H and O–H groups in total. The zero-order valence-corrected chi connectivity index (χ0v) is 66.2. The summed E-state index contributed by atoms with van der Waals surface area (Å²) in [5.74, 6) is 6.20. The van der Waals surface area contributed by atoms with Crippen molar-refractivity contribution in [1.82, 2.24) is 0 Å². The number of anilines is 15. The Balaban J connectivity index is 0.863. The third kappa shape index (κ3) is 11.0. The van der Waals surface area contributed by atoms with Crippen molar-refractivity contribution in [2.24, 2.45) is 0 Å². The topological polar surface area (TPSA) is 53.1 Å². The normalized spacial score (nSPS) is 13.1. The van der Waals surface area contributed by atoms with Gasteiger partial charge < -0.3 is 43.4 Å². The first-order chi connectivity index (χ1) is 55.4. The zero-order chi connectivity index (χ0) is 77.4. The van der Waals surface area contributed by atoms with Crippen LogP contribution in [-0.2, 0) is 0 Å². The van der Waals surface area contributed by atoms with E-state index in [1.807, 2.05) is 0 Å². The van der Waals surface area contributed by atoms with Crippen molar-refractivity contribution in [2.75, 3.05) is 24.5 Å². The Bertz CT molecular complexity index is 6020. The van der Waals surface area contributed by atoms with Gasteiger partial charge in [-0.3, -0.25) is 0 Å². The van der Waals surface area contributed by atoms with E-state index in [1.54, 1.807) is 0 Å². The van der Waals surface area contributed by atoms with Gasteiger partial charge >= 0.3 is 0 Å². The maximum absolute atomic E-state index is 7.83. The fourth-order valence-corrected chi connectivity index (χ4v) is 19.3. The smallest absolute Gasteiger partial charge is 0.260 e. The summed E-state index contributed by atoms with van der Waals surface area (Å²) in [6.07, 6.45) is 0. The highest BCUT2D eigenvalue weighted by atomic mass is 16.5. The molecule has 12 heteroatoms. The van der Waals surface area contributed by atoms with Crippen LogP contribution in [0, 0.1) is 83.1 Å². The molecule has 6 aliphatic rings. The first kappa shape index (κ1) is 68.7. The molecule has 0 saturated carbocycles. The molecule has 21 rings (SSSR count). The van der Waals surface area contributed by atoms with Gasteiger partial charge in [0.05, 0.1) is 28.4 Å². The van der Waals surface area contributed by atoms with Crippen molar-refractivity contribution < 1.29 is 18.9 Å². The number of fused-ring (bicyclic) bond motifs is 12. The summed E-state index contributed by atoms with van der Waals surface area (Å²) in [5, 5.41) is 0. The lowest BCUT2D eigenvalue weighted by Gasteiger charge is -2.47. The Morgan fingerprint density at radius 2 is 0.465 bits per heavy atom.